The third-order valence-electron chi connectivity index (χ3n) is 3.90. The van der Waals surface area contributed by atoms with E-state index < -0.39 is 0 Å². The molecule has 1 aliphatic heterocycles. The fourth-order valence-electron chi connectivity index (χ4n) is 2.69. The van der Waals surface area contributed by atoms with Gasteiger partial charge in [-0.2, -0.15) is 0 Å². The summed E-state index contributed by atoms with van der Waals surface area (Å²) in [7, 11) is 0. The molecule has 1 aromatic heterocycles. The highest BCUT2D eigenvalue weighted by Crippen LogP contribution is 2.19. The topological polar surface area (TPSA) is 78.8 Å². The van der Waals surface area contributed by atoms with Gasteiger partial charge in [-0.15, -0.1) is 0 Å². The predicted molar refractivity (Wildman–Crippen MR) is 89.4 cm³/mol. The number of anilines is 1. The lowest BCUT2D eigenvalue weighted by atomic mass is 10.1. The molecule has 0 radical (unpaired) electrons. The van der Waals surface area contributed by atoms with E-state index in [1.807, 2.05) is 13.0 Å². The van der Waals surface area contributed by atoms with Crippen molar-refractivity contribution in [2.75, 3.05) is 37.7 Å². The van der Waals surface area contributed by atoms with Crippen LogP contribution in [0.5, 0.6) is 11.6 Å². The van der Waals surface area contributed by atoms with Gasteiger partial charge in [0.05, 0.1) is 6.61 Å². The molecule has 1 amide bonds. The van der Waals surface area contributed by atoms with Gasteiger partial charge < -0.3 is 19.6 Å². The zero-order valence-corrected chi connectivity index (χ0v) is 13.6. The van der Waals surface area contributed by atoms with E-state index in [-0.39, 0.29) is 11.7 Å². The van der Waals surface area contributed by atoms with Crippen molar-refractivity contribution in [3.63, 3.8) is 0 Å². The lowest BCUT2D eigenvalue weighted by Crippen LogP contribution is -2.49. The second-order valence-electron chi connectivity index (χ2n) is 5.48. The fourth-order valence-corrected chi connectivity index (χ4v) is 2.69. The van der Waals surface area contributed by atoms with E-state index in [4.69, 9.17) is 4.74 Å². The van der Waals surface area contributed by atoms with Gasteiger partial charge in [0.25, 0.3) is 5.91 Å². The van der Waals surface area contributed by atoms with Gasteiger partial charge in [0.1, 0.15) is 17.9 Å². The Morgan fingerprint density at radius 2 is 2.00 bits per heavy atom. The quantitative estimate of drug-likeness (QED) is 0.917. The van der Waals surface area contributed by atoms with Crippen LogP contribution in [0.15, 0.2) is 36.7 Å². The summed E-state index contributed by atoms with van der Waals surface area (Å²) in [6.07, 6.45) is 1.49. The number of ether oxygens (including phenoxy) is 1. The summed E-state index contributed by atoms with van der Waals surface area (Å²) in [4.78, 5) is 24.7. The molecule has 1 fully saturated rings. The number of nitrogens with zero attached hydrogens (tertiary/aromatic N) is 4. The first-order valence-electron chi connectivity index (χ1n) is 7.95. The third kappa shape index (κ3) is 3.56. The molecule has 0 saturated carbocycles. The first kappa shape index (κ1) is 16.0. The molecule has 24 heavy (non-hydrogen) atoms. The molecule has 0 aliphatic carbocycles. The molecule has 2 heterocycles. The van der Waals surface area contributed by atoms with E-state index in [0.29, 0.717) is 44.2 Å². The second kappa shape index (κ2) is 7.16. The number of carbonyl (C=O) groups is 1. The van der Waals surface area contributed by atoms with Gasteiger partial charge in [-0.3, -0.25) is 4.79 Å². The second-order valence-corrected chi connectivity index (χ2v) is 5.48. The minimum Gasteiger partial charge on any atom is -0.508 e. The molecule has 3 rings (SSSR count). The summed E-state index contributed by atoms with van der Waals surface area (Å²) in [5, 5.41) is 9.52. The average molecular weight is 328 g/mol. The molecular formula is C17H20N4O3. The molecule has 0 bridgehead atoms. The van der Waals surface area contributed by atoms with Gasteiger partial charge in [0, 0.05) is 37.8 Å². The Bertz CT molecular complexity index is 714. The van der Waals surface area contributed by atoms with Crippen LogP contribution in [0.4, 0.5) is 5.82 Å². The van der Waals surface area contributed by atoms with Crippen molar-refractivity contribution in [3.05, 3.63) is 42.2 Å². The highest BCUT2D eigenvalue weighted by Gasteiger charge is 2.23. The van der Waals surface area contributed by atoms with Gasteiger partial charge in [-0.1, -0.05) is 6.07 Å². The van der Waals surface area contributed by atoms with Gasteiger partial charge >= 0.3 is 0 Å². The first-order chi connectivity index (χ1) is 11.7. The highest BCUT2D eigenvalue weighted by molar-refractivity contribution is 5.94. The maximum atomic E-state index is 12.5. The summed E-state index contributed by atoms with van der Waals surface area (Å²) in [5.74, 6) is 1.39. The monoisotopic (exact) mass is 328 g/mol. The van der Waals surface area contributed by atoms with Crippen LogP contribution in [0.25, 0.3) is 0 Å². The van der Waals surface area contributed by atoms with Crippen molar-refractivity contribution >= 4 is 11.7 Å². The number of phenolic OH excluding ortho intramolecular Hbond substituents is 1. The van der Waals surface area contributed by atoms with E-state index in [2.05, 4.69) is 14.9 Å². The van der Waals surface area contributed by atoms with Crippen LogP contribution in [-0.2, 0) is 0 Å². The molecule has 2 aromatic rings. The molecule has 7 heteroatoms. The molecule has 0 spiro atoms. The number of aromatic hydroxyl groups is 1. The highest BCUT2D eigenvalue weighted by atomic mass is 16.5. The Hall–Kier alpha value is -2.83. The summed E-state index contributed by atoms with van der Waals surface area (Å²) in [5.41, 5.74) is 0.504. The largest absolute Gasteiger partial charge is 0.508 e. The molecule has 1 N–H and O–H groups in total. The van der Waals surface area contributed by atoms with Gasteiger partial charge in [-0.05, 0) is 25.1 Å². The Morgan fingerprint density at radius 3 is 2.71 bits per heavy atom. The molecule has 0 unspecified atom stereocenters. The molecule has 0 atom stereocenters. The lowest BCUT2D eigenvalue weighted by Gasteiger charge is -2.35. The van der Waals surface area contributed by atoms with Crippen LogP contribution in [0.2, 0.25) is 0 Å². The van der Waals surface area contributed by atoms with Crippen LogP contribution in [0, 0.1) is 0 Å². The van der Waals surface area contributed by atoms with Crippen molar-refractivity contribution < 1.29 is 14.6 Å². The number of phenols is 1. The number of rotatable bonds is 4. The van der Waals surface area contributed by atoms with Crippen LogP contribution in [-0.4, -0.2) is 58.7 Å². The lowest BCUT2D eigenvalue weighted by molar-refractivity contribution is 0.0746. The maximum absolute atomic E-state index is 12.5. The number of hydrogen-bond acceptors (Lipinski definition) is 6. The van der Waals surface area contributed by atoms with Gasteiger partial charge in [0.2, 0.25) is 5.88 Å². The zero-order valence-electron chi connectivity index (χ0n) is 13.6. The minimum atomic E-state index is -0.0664. The maximum Gasteiger partial charge on any atom is 0.254 e. The van der Waals surface area contributed by atoms with Crippen LogP contribution < -0.4 is 9.64 Å². The number of carbonyl (C=O) groups excluding carboxylic acids is 1. The van der Waals surface area contributed by atoms with Crippen LogP contribution >= 0.6 is 0 Å². The summed E-state index contributed by atoms with van der Waals surface area (Å²) in [6, 6.07) is 8.26. The Balaban J connectivity index is 1.63. The van der Waals surface area contributed by atoms with Gasteiger partial charge in [-0.25, -0.2) is 9.97 Å². The molecule has 1 saturated heterocycles. The molecule has 1 aromatic carbocycles. The number of hydrogen-bond donors (Lipinski definition) is 1. The Kier molecular flexibility index (Phi) is 4.79. The van der Waals surface area contributed by atoms with Crippen molar-refractivity contribution in [1.82, 2.24) is 14.9 Å². The normalized spacial score (nSPS) is 14.5. The van der Waals surface area contributed by atoms with E-state index in [1.165, 1.54) is 12.4 Å². The van der Waals surface area contributed by atoms with Crippen LogP contribution in [0.3, 0.4) is 0 Å². The molecular weight excluding hydrogens is 308 g/mol. The van der Waals surface area contributed by atoms with Gasteiger partial charge in [0.15, 0.2) is 0 Å². The molecule has 7 nitrogen and oxygen atoms in total. The Morgan fingerprint density at radius 1 is 1.21 bits per heavy atom. The van der Waals surface area contributed by atoms with Crippen molar-refractivity contribution in [3.8, 4) is 11.6 Å². The predicted octanol–water partition coefficient (Wildman–Crippen LogP) is 1.54. The van der Waals surface area contributed by atoms with E-state index in [0.717, 1.165) is 5.82 Å². The van der Waals surface area contributed by atoms with E-state index >= 15 is 0 Å². The van der Waals surface area contributed by atoms with Crippen molar-refractivity contribution in [2.24, 2.45) is 0 Å². The van der Waals surface area contributed by atoms with Crippen molar-refractivity contribution in [2.45, 2.75) is 6.92 Å². The third-order valence-corrected chi connectivity index (χ3v) is 3.90. The van der Waals surface area contributed by atoms with E-state index in [9.17, 15) is 9.90 Å². The summed E-state index contributed by atoms with van der Waals surface area (Å²) >= 11 is 0. The smallest absolute Gasteiger partial charge is 0.254 e. The fraction of sp³-hybridized carbons (Fsp3) is 0.353. The molecule has 126 valence electrons. The Labute approximate surface area is 140 Å². The average Bonchev–Trinajstić information content (AvgIpc) is 2.62. The van der Waals surface area contributed by atoms with E-state index in [1.54, 1.807) is 23.1 Å². The minimum absolute atomic E-state index is 0.0664. The standard InChI is InChI=1S/C17H20N4O3/c1-2-24-16-11-15(18-12-19-16)20-6-8-21(9-7-20)17(23)13-4-3-5-14(22)10-13/h3-5,10-12,22H,2,6-9H2,1H3. The number of benzene rings is 1. The summed E-state index contributed by atoms with van der Waals surface area (Å²) in [6.45, 7) is 5.04. The zero-order chi connectivity index (χ0) is 16.9. The molecule has 1 aliphatic rings. The first-order valence-corrected chi connectivity index (χ1v) is 7.95. The van der Waals surface area contributed by atoms with Crippen molar-refractivity contribution in [1.29, 1.82) is 0 Å². The van der Waals surface area contributed by atoms with Crippen LogP contribution in [0.1, 0.15) is 17.3 Å². The number of aromatic nitrogens is 2. The SMILES string of the molecule is CCOc1cc(N2CCN(C(=O)c3cccc(O)c3)CC2)ncn1. The number of amides is 1. The number of piperazine rings is 1. The summed E-state index contributed by atoms with van der Waals surface area (Å²) < 4.78 is 5.40.